The fourth-order valence-electron chi connectivity index (χ4n) is 3.04. The number of amides is 1. The van der Waals surface area contributed by atoms with Crippen molar-refractivity contribution in [3.05, 3.63) is 66.2 Å². The number of hydrogen-bond acceptors (Lipinski definition) is 5. The molecule has 2 heterocycles. The number of hydrogen-bond donors (Lipinski definition) is 2. The van der Waals surface area contributed by atoms with Gasteiger partial charge in [0.15, 0.2) is 11.5 Å². The Bertz CT molecular complexity index is 1150. The zero-order chi connectivity index (χ0) is 19.0. The lowest BCUT2D eigenvalue weighted by Crippen LogP contribution is -2.18. The van der Waals surface area contributed by atoms with E-state index in [4.69, 9.17) is 5.73 Å². The van der Waals surface area contributed by atoms with Gasteiger partial charge in [-0.1, -0.05) is 30.3 Å². The van der Waals surface area contributed by atoms with Crippen LogP contribution in [0.2, 0.25) is 0 Å². The van der Waals surface area contributed by atoms with E-state index >= 15 is 0 Å². The number of imidazole rings is 1. The van der Waals surface area contributed by atoms with Crippen molar-refractivity contribution in [1.82, 2.24) is 19.5 Å². The van der Waals surface area contributed by atoms with E-state index in [0.717, 1.165) is 22.3 Å². The summed E-state index contributed by atoms with van der Waals surface area (Å²) in [4.78, 5) is 25.6. The van der Waals surface area contributed by atoms with Gasteiger partial charge in [0.25, 0.3) is 5.91 Å². The number of primary amides is 1. The van der Waals surface area contributed by atoms with Gasteiger partial charge in [0, 0.05) is 18.3 Å². The molecular weight excluding hydrogens is 340 g/mol. The quantitative estimate of drug-likeness (QED) is 0.584. The Labute approximate surface area is 155 Å². The second kappa shape index (κ2) is 6.53. The Balaban J connectivity index is 1.87. The summed E-state index contributed by atoms with van der Waals surface area (Å²) in [6, 6.07) is 15.3. The lowest BCUT2D eigenvalue weighted by molar-refractivity contribution is 0.0996. The Kier molecular flexibility index (Phi) is 4.04. The molecule has 2 aromatic carbocycles. The molecule has 0 saturated heterocycles. The van der Waals surface area contributed by atoms with Gasteiger partial charge in [0.2, 0.25) is 0 Å². The van der Waals surface area contributed by atoms with Crippen LogP contribution in [0.5, 0.6) is 0 Å². The molecule has 0 aliphatic carbocycles. The number of nitrogens with one attached hydrogen (secondary N) is 1. The molecule has 0 fully saturated rings. The smallest absolute Gasteiger partial charge is 0.271 e. The fourth-order valence-corrected chi connectivity index (χ4v) is 3.04. The highest BCUT2D eigenvalue weighted by Crippen LogP contribution is 2.30. The number of para-hydroxylation sites is 2. The first-order valence-corrected chi connectivity index (χ1v) is 8.45. The molecule has 3 N–H and O–H groups in total. The number of carbonyl (C=O) groups is 1. The van der Waals surface area contributed by atoms with E-state index in [1.54, 1.807) is 6.33 Å². The third kappa shape index (κ3) is 2.99. The maximum Gasteiger partial charge on any atom is 0.271 e. The number of anilines is 2. The molecule has 134 valence electrons. The predicted octanol–water partition coefficient (Wildman–Crippen LogP) is 3.18. The van der Waals surface area contributed by atoms with Crippen LogP contribution >= 0.6 is 0 Å². The van der Waals surface area contributed by atoms with Crippen molar-refractivity contribution in [3.8, 4) is 11.3 Å². The van der Waals surface area contributed by atoms with Crippen LogP contribution in [0, 0.1) is 6.92 Å². The highest BCUT2D eigenvalue weighted by Gasteiger charge is 2.19. The molecule has 0 radical (unpaired) electrons. The standard InChI is InChI=1S/C20H18N6O/c1-12-16(14-9-6-10-15-17(14)22-11-26(15)2)25-18(19(21)27)20(23-12)24-13-7-4-3-5-8-13/h3-11H,1-2H3,(H2,21,27)(H,23,24). The van der Waals surface area contributed by atoms with E-state index in [0.29, 0.717) is 17.2 Å². The number of aromatic nitrogens is 4. The Hall–Kier alpha value is -3.74. The van der Waals surface area contributed by atoms with Gasteiger partial charge < -0.3 is 15.6 Å². The molecule has 4 rings (SSSR count). The second-order valence-corrected chi connectivity index (χ2v) is 6.24. The lowest BCUT2D eigenvalue weighted by atomic mass is 10.1. The minimum Gasteiger partial charge on any atom is -0.364 e. The van der Waals surface area contributed by atoms with Gasteiger partial charge in [-0.2, -0.15) is 0 Å². The van der Waals surface area contributed by atoms with Gasteiger partial charge in [-0.3, -0.25) is 4.79 Å². The summed E-state index contributed by atoms with van der Waals surface area (Å²) >= 11 is 0. The molecule has 0 atom stereocenters. The molecule has 0 aliphatic heterocycles. The van der Waals surface area contributed by atoms with Crippen LogP contribution in [-0.4, -0.2) is 25.4 Å². The van der Waals surface area contributed by atoms with E-state index in [1.165, 1.54) is 0 Å². The second-order valence-electron chi connectivity index (χ2n) is 6.24. The maximum absolute atomic E-state index is 12.0. The van der Waals surface area contributed by atoms with Crippen molar-refractivity contribution in [2.24, 2.45) is 12.8 Å². The van der Waals surface area contributed by atoms with Crippen LogP contribution in [0.15, 0.2) is 54.9 Å². The van der Waals surface area contributed by atoms with Crippen molar-refractivity contribution >= 4 is 28.4 Å². The summed E-state index contributed by atoms with van der Waals surface area (Å²) in [5.41, 5.74) is 10.3. The first kappa shape index (κ1) is 16.7. The normalized spacial score (nSPS) is 10.9. The molecule has 7 nitrogen and oxygen atoms in total. The first-order chi connectivity index (χ1) is 13.0. The third-order valence-corrected chi connectivity index (χ3v) is 4.35. The molecule has 0 unspecified atom stereocenters. The maximum atomic E-state index is 12.0. The molecule has 27 heavy (non-hydrogen) atoms. The van der Waals surface area contributed by atoms with Gasteiger partial charge in [-0.25, -0.2) is 15.0 Å². The first-order valence-electron chi connectivity index (χ1n) is 8.45. The number of aryl methyl sites for hydroxylation is 2. The number of carbonyl (C=O) groups excluding carboxylic acids is 1. The Morgan fingerprint density at radius 3 is 2.59 bits per heavy atom. The number of benzene rings is 2. The van der Waals surface area contributed by atoms with Crippen molar-refractivity contribution < 1.29 is 4.79 Å². The van der Waals surface area contributed by atoms with Gasteiger partial charge in [-0.15, -0.1) is 0 Å². The molecule has 2 aromatic heterocycles. The van der Waals surface area contributed by atoms with Gasteiger partial charge >= 0.3 is 0 Å². The third-order valence-electron chi connectivity index (χ3n) is 4.35. The zero-order valence-corrected chi connectivity index (χ0v) is 15.0. The molecule has 4 aromatic rings. The monoisotopic (exact) mass is 358 g/mol. The highest BCUT2D eigenvalue weighted by molar-refractivity contribution is 5.98. The van der Waals surface area contributed by atoms with E-state index in [-0.39, 0.29) is 5.69 Å². The zero-order valence-electron chi connectivity index (χ0n) is 15.0. The van der Waals surface area contributed by atoms with Gasteiger partial charge in [0.1, 0.15) is 0 Å². The molecule has 0 aliphatic rings. The van der Waals surface area contributed by atoms with Crippen molar-refractivity contribution in [1.29, 1.82) is 0 Å². The molecule has 7 heteroatoms. The van der Waals surface area contributed by atoms with E-state index in [2.05, 4.69) is 20.3 Å². The average molecular weight is 358 g/mol. The average Bonchev–Trinajstić information content (AvgIpc) is 3.04. The van der Waals surface area contributed by atoms with Crippen LogP contribution in [0.1, 0.15) is 16.2 Å². The van der Waals surface area contributed by atoms with Gasteiger partial charge in [0.05, 0.1) is 28.7 Å². The minimum atomic E-state index is -0.643. The topological polar surface area (TPSA) is 98.7 Å². The molecule has 0 spiro atoms. The van der Waals surface area contributed by atoms with Crippen LogP contribution in [-0.2, 0) is 7.05 Å². The van der Waals surface area contributed by atoms with Crippen LogP contribution in [0.25, 0.3) is 22.3 Å². The molecule has 1 amide bonds. The summed E-state index contributed by atoms with van der Waals surface area (Å²) in [5.74, 6) is -0.307. The summed E-state index contributed by atoms with van der Waals surface area (Å²) < 4.78 is 1.93. The largest absolute Gasteiger partial charge is 0.364 e. The highest BCUT2D eigenvalue weighted by atomic mass is 16.1. The number of rotatable bonds is 4. The molecule has 0 bridgehead atoms. The molecular formula is C20H18N6O. The molecule has 0 saturated carbocycles. The number of fused-ring (bicyclic) bond motifs is 1. The lowest BCUT2D eigenvalue weighted by Gasteiger charge is -2.13. The Morgan fingerprint density at radius 2 is 1.85 bits per heavy atom. The van der Waals surface area contributed by atoms with Crippen LogP contribution < -0.4 is 11.1 Å². The van der Waals surface area contributed by atoms with E-state index in [1.807, 2.05) is 67.1 Å². The summed E-state index contributed by atoms with van der Waals surface area (Å²) in [6.07, 6.45) is 1.75. The van der Waals surface area contributed by atoms with Crippen molar-refractivity contribution in [2.75, 3.05) is 5.32 Å². The van der Waals surface area contributed by atoms with Crippen molar-refractivity contribution in [3.63, 3.8) is 0 Å². The predicted molar refractivity (Wildman–Crippen MR) is 105 cm³/mol. The van der Waals surface area contributed by atoms with E-state index < -0.39 is 5.91 Å². The van der Waals surface area contributed by atoms with Crippen LogP contribution in [0.4, 0.5) is 11.5 Å². The fraction of sp³-hybridized carbons (Fsp3) is 0.100. The van der Waals surface area contributed by atoms with Gasteiger partial charge in [-0.05, 0) is 25.1 Å². The number of nitrogens with two attached hydrogens (primary N) is 1. The van der Waals surface area contributed by atoms with E-state index in [9.17, 15) is 4.79 Å². The van der Waals surface area contributed by atoms with Crippen molar-refractivity contribution in [2.45, 2.75) is 6.92 Å². The summed E-state index contributed by atoms with van der Waals surface area (Å²) in [7, 11) is 1.93. The van der Waals surface area contributed by atoms with Crippen LogP contribution in [0.3, 0.4) is 0 Å². The SMILES string of the molecule is Cc1nc(Nc2ccccc2)c(C(N)=O)nc1-c1cccc2c1ncn2C. The Morgan fingerprint density at radius 1 is 1.07 bits per heavy atom. The summed E-state index contributed by atoms with van der Waals surface area (Å²) in [6.45, 7) is 1.85. The summed E-state index contributed by atoms with van der Waals surface area (Å²) in [5, 5.41) is 3.12. The number of nitrogens with zero attached hydrogens (tertiary/aromatic N) is 4. The minimum absolute atomic E-state index is 0.0902.